The lowest BCUT2D eigenvalue weighted by Gasteiger charge is -2.37. The van der Waals surface area contributed by atoms with Gasteiger partial charge in [0.05, 0.1) is 20.7 Å². The Morgan fingerprint density at radius 2 is 1.81 bits per heavy atom. The van der Waals surface area contributed by atoms with Gasteiger partial charge >= 0.3 is 6.18 Å². The summed E-state index contributed by atoms with van der Waals surface area (Å²) >= 11 is 5.50. The Balaban J connectivity index is 1.84. The molecule has 1 aromatic carbocycles. The molecule has 27 heavy (non-hydrogen) atoms. The third-order valence-corrected chi connectivity index (χ3v) is 8.40. The number of aryl methyl sites for hydroxylation is 1. The van der Waals surface area contributed by atoms with Crippen molar-refractivity contribution in [2.24, 2.45) is 7.05 Å². The zero-order valence-corrected chi connectivity index (χ0v) is 16.1. The van der Waals surface area contributed by atoms with Crippen molar-refractivity contribution in [1.29, 1.82) is 0 Å². The smallest absolute Gasteiger partial charge is 0.325 e. The molecular weight excluding hydrogens is 431 g/mol. The number of rotatable bonds is 4. The van der Waals surface area contributed by atoms with Crippen LogP contribution < -0.4 is 0 Å². The second-order valence-corrected chi connectivity index (χ2v) is 10.4. The zero-order valence-electron chi connectivity index (χ0n) is 13.7. The van der Waals surface area contributed by atoms with E-state index >= 15 is 0 Å². The Morgan fingerprint density at radius 1 is 1.19 bits per heavy atom. The van der Waals surface area contributed by atoms with Gasteiger partial charge in [-0.15, -0.1) is 0 Å². The molecular formula is C14H13ClF3N3O4S2. The van der Waals surface area contributed by atoms with Crippen molar-refractivity contribution < 1.29 is 30.0 Å². The normalized spacial score (nSPS) is 17.1. The maximum atomic E-state index is 12.9. The highest BCUT2D eigenvalue weighted by Gasteiger charge is 2.46. The van der Waals surface area contributed by atoms with Gasteiger partial charge in [0, 0.05) is 32.5 Å². The van der Waals surface area contributed by atoms with Crippen LogP contribution in [0.5, 0.6) is 0 Å². The van der Waals surface area contributed by atoms with Crippen LogP contribution in [-0.2, 0) is 33.1 Å². The van der Waals surface area contributed by atoms with Crippen molar-refractivity contribution in [3.63, 3.8) is 0 Å². The van der Waals surface area contributed by atoms with E-state index in [9.17, 15) is 30.0 Å². The standard InChI is InChI=1S/C14H13ClF3N3O4S2/c1-20-5-4-19-13(20)26(22,23)10-7-21(8-10)27(24,25)9-2-3-12(15)11(6-9)14(16,17)18/h2-6,10H,7-8H2,1H3. The van der Waals surface area contributed by atoms with Gasteiger partial charge in [0.25, 0.3) is 0 Å². The Bertz CT molecular complexity index is 1090. The topological polar surface area (TPSA) is 89.3 Å². The van der Waals surface area contributed by atoms with Gasteiger partial charge in [0.1, 0.15) is 0 Å². The molecule has 1 fully saturated rings. The Morgan fingerprint density at radius 3 is 2.33 bits per heavy atom. The lowest BCUT2D eigenvalue weighted by molar-refractivity contribution is -0.137. The molecule has 0 unspecified atom stereocenters. The molecule has 1 saturated heterocycles. The van der Waals surface area contributed by atoms with E-state index in [2.05, 4.69) is 4.98 Å². The average Bonchev–Trinajstić information content (AvgIpc) is 2.91. The van der Waals surface area contributed by atoms with Crippen LogP contribution in [0.4, 0.5) is 13.2 Å². The number of hydrogen-bond donors (Lipinski definition) is 0. The summed E-state index contributed by atoms with van der Waals surface area (Å²) in [4.78, 5) is 3.15. The van der Waals surface area contributed by atoms with E-state index in [0.717, 1.165) is 16.4 Å². The summed E-state index contributed by atoms with van der Waals surface area (Å²) < 4.78 is 90.9. The Labute approximate surface area is 158 Å². The van der Waals surface area contributed by atoms with E-state index in [1.165, 1.54) is 24.0 Å². The van der Waals surface area contributed by atoms with E-state index in [1.807, 2.05) is 0 Å². The Hall–Kier alpha value is -1.63. The lowest BCUT2D eigenvalue weighted by Crippen LogP contribution is -2.56. The number of benzene rings is 1. The molecule has 1 aromatic heterocycles. The molecule has 0 amide bonds. The van der Waals surface area contributed by atoms with Gasteiger partial charge < -0.3 is 4.57 Å². The van der Waals surface area contributed by atoms with E-state index in [1.54, 1.807) is 0 Å². The number of hydrogen-bond acceptors (Lipinski definition) is 5. The number of aromatic nitrogens is 2. The minimum Gasteiger partial charge on any atom is -0.325 e. The van der Waals surface area contributed by atoms with E-state index in [0.29, 0.717) is 6.07 Å². The molecule has 2 aromatic rings. The monoisotopic (exact) mass is 443 g/mol. The third-order valence-electron chi connectivity index (χ3n) is 4.17. The minimum atomic E-state index is -4.82. The number of alkyl halides is 3. The molecule has 0 bridgehead atoms. The second-order valence-electron chi connectivity index (χ2n) is 5.95. The molecule has 0 saturated carbocycles. The molecule has 0 N–H and O–H groups in total. The highest BCUT2D eigenvalue weighted by molar-refractivity contribution is 7.92. The highest BCUT2D eigenvalue weighted by atomic mass is 35.5. The predicted molar refractivity (Wildman–Crippen MR) is 89.4 cm³/mol. The molecule has 0 spiro atoms. The van der Waals surface area contributed by atoms with E-state index in [4.69, 9.17) is 11.6 Å². The summed E-state index contributed by atoms with van der Waals surface area (Å²) in [5.41, 5.74) is -1.28. The van der Waals surface area contributed by atoms with Crippen molar-refractivity contribution in [3.8, 4) is 0 Å². The summed E-state index contributed by atoms with van der Waals surface area (Å²) in [6.45, 7) is -0.747. The van der Waals surface area contributed by atoms with Crippen molar-refractivity contribution >= 4 is 31.5 Å². The van der Waals surface area contributed by atoms with Crippen LogP contribution in [0.3, 0.4) is 0 Å². The fraction of sp³-hybridized carbons (Fsp3) is 0.357. The SMILES string of the molecule is Cn1ccnc1S(=O)(=O)C1CN(S(=O)(=O)c2ccc(Cl)c(C(F)(F)F)c2)C1. The average molecular weight is 444 g/mol. The van der Waals surface area contributed by atoms with Crippen LogP contribution in [0.15, 0.2) is 40.6 Å². The van der Waals surface area contributed by atoms with Crippen molar-refractivity contribution in [2.45, 2.75) is 21.5 Å². The number of imidazole rings is 1. The summed E-state index contributed by atoms with van der Waals surface area (Å²) in [6.07, 6.45) is -2.08. The molecule has 3 rings (SSSR count). The van der Waals surface area contributed by atoms with Crippen LogP contribution in [0, 0.1) is 0 Å². The molecule has 1 aliphatic heterocycles. The predicted octanol–water partition coefficient (Wildman–Crippen LogP) is 1.94. The molecule has 0 atom stereocenters. The molecule has 1 aliphatic rings. The summed E-state index contributed by atoms with van der Waals surface area (Å²) in [7, 11) is -6.66. The summed E-state index contributed by atoms with van der Waals surface area (Å²) in [5, 5.41) is -1.85. The molecule has 7 nitrogen and oxygen atoms in total. The number of sulfonamides is 1. The highest BCUT2D eigenvalue weighted by Crippen LogP contribution is 2.37. The first-order valence-corrected chi connectivity index (χ1v) is 10.8. The van der Waals surface area contributed by atoms with Gasteiger partial charge in [-0.2, -0.15) is 17.5 Å². The quantitative estimate of drug-likeness (QED) is 0.720. The zero-order chi connectivity index (χ0) is 20.2. The van der Waals surface area contributed by atoms with Gasteiger partial charge in [0.2, 0.25) is 25.0 Å². The largest absolute Gasteiger partial charge is 0.417 e. The fourth-order valence-electron chi connectivity index (χ4n) is 2.60. The number of nitrogens with zero attached hydrogens (tertiary/aromatic N) is 3. The fourth-order valence-corrected chi connectivity index (χ4v) is 6.29. The summed E-state index contributed by atoms with van der Waals surface area (Å²) in [5.74, 6) is 0. The van der Waals surface area contributed by atoms with Crippen molar-refractivity contribution in [1.82, 2.24) is 13.9 Å². The first-order chi connectivity index (χ1) is 12.3. The van der Waals surface area contributed by atoms with Crippen LogP contribution in [0.1, 0.15) is 5.56 Å². The number of halogens is 4. The number of sulfone groups is 1. The molecule has 0 radical (unpaired) electrons. The third kappa shape index (κ3) is 3.46. The van der Waals surface area contributed by atoms with Crippen LogP contribution in [0.25, 0.3) is 0 Å². The van der Waals surface area contributed by atoms with Gasteiger partial charge in [0.15, 0.2) is 0 Å². The molecule has 2 heterocycles. The molecule has 0 aliphatic carbocycles. The van der Waals surface area contributed by atoms with Gasteiger partial charge in [-0.1, -0.05) is 11.6 Å². The lowest BCUT2D eigenvalue weighted by atomic mass is 10.2. The van der Waals surface area contributed by atoms with Gasteiger partial charge in [-0.05, 0) is 18.2 Å². The van der Waals surface area contributed by atoms with Gasteiger partial charge in [-0.3, -0.25) is 0 Å². The Kier molecular flexibility index (Phi) is 4.82. The van der Waals surface area contributed by atoms with Crippen LogP contribution in [-0.4, -0.2) is 49.0 Å². The first kappa shape index (κ1) is 20.1. The minimum absolute atomic E-state index is 0.199. The summed E-state index contributed by atoms with van der Waals surface area (Å²) in [6, 6.07) is 2.24. The maximum Gasteiger partial charge on any atom is 0.417 e. The van der Waals surface area contributed by atoms with Gasteiger partial charge in [-0.25, -0.2) is 21.8 Å². The van der Waals surface area contributed by atoms with E-state index < -0.39 is 46.8 Å². The van der Waals surface area contributed by atoms with E-state index in [-0.39, 0.29) is 18.2 Å². The second kappa shape index (κ2) is 6.47. The molecule has 148 valence electrons. The first-order valence-electron chi connectivity index (χ1n) is 7.43. The maximum absolute atomic E-state index is 12.9. The molecule has 13 heteroatoms. The van der Waals surface area contributed by atoms with Crippen molar-refractivity contribution in [2.75, 3.05) is 13.1 Å². The van der Waals surface area contributed by atoms with Crippen LogP contribution in [0.2, 0.25) is 5.02 Å². The van der Waals surface area contributed by atoms with Crippen LogP contribution >= 0.6 is 11.6 Å². The van der Waals surface area contributed by atoms with Crippen molar-refractivity contribution in [3.05, 3.63) is 41.2 Å².